The number of likely N-dealkylation sites (N-methyl/N-ethyl adjacent to an activating group) is 1. The molecule has 1 aliphatic carbocycles. The lowest BCUT2D eigenvalue weighted by atomic mass is 9.93. The maximum absolute atomic E-state index is 13.0. The molecule has 0 fully saturated rings. The molecule has 5 nitrogen and oxygen atoms in total. The van der Waals surface area contributed by atoms with Gasteiger partial charge in [0.1, 0.15) is 0 Å². The number of amides is 1. The molecule has 0 radical (unpaired) electrons. The summed E-state index contributed by atoms with van der Waals surface area (Å²) in [6, 6.07) is 7.82. The maximum atomic E-state index is 13.0. The summed E-state index contributed by atoms with van der Waals surface area (Å²) in [6.07, 6.45) is 7.03. The van der Waals surface area contributed by atoms with Gasteiger partial charge >= 0.3 is 0 Å². The summed E-state index contributed by atoms with van der Waals surface area (Å²) >= 11 is 0. The first-order valence-corrected chi connectivity index (χ1v) is 8.18. The van der Waals surface area contributed by atoms with Gasteiger partial charge in [-0.15, -0.1) is 0 Å². The SMILES string of the molecule is CN1CCN(C(=O)[C@@H]2CC=CCC2)c2nc3ccccc3nc21. The van der Waals surface area contributed by atoms with Crippen LogP contribution in [0.2, 0.25) is 0 Å². The molecule has 2 aliphatic rings. The van der Waals surface area contributed by atoms with Gasteiger partial charge in [-0.05, 0) is 31.4 Å². The third-order valence-electron chi connectivity index (χ3n) is 4.70. The van der Waals surface area contributed by atoms with E-state index in [-0.39, 0.29) is 11.8 Å². The van der Waals surface area contributed by atoms with Crippen LogP contribution in [0.4, 0.5) is 11.6 Å². The van der Waals surface area contributed by atoms with Crippen molar-refractivity contribution in [1.82, 2.24) is 9.97 Å². The van der Waals surface area contributed by atoms with Crippen LogP contribution >= 0.6 is 0 Å². The summed E-state index contributed by atoms with van der Waals surface area (Å²) in [4.78, 5) is 26.4. The zero-order valence-electron chi connectivity index (χ0n) is 13.3. The molecule has 0 bridgehead atoms. The molecule has 4 rings (SSSR count). The molecule has 1 aromatic carbocycles. The lowest BCUT2D eigenvalue weighted by Gasteiger charge is -2.35. The molecular formula is C18H20N4O. The Kier molecular flexibility index (Phi) is 3.48. The first-order chi connectivity index (χ1) is 11.2. The van der Waals surface area contributed by atoms with Crippen molar-refractivity contribution >= 4 is 28.6 Å². The fourth-order valence-electron chi connectivity index (χ4n) is 3.33. The highest BCUT2D eigenvalue weighted by atomic mass is 16.2. The van der Waals surface area contributed by atoms with Gasteiger partial charge in [0, 0.05) is 26.1 Å². The predicted octanol–water partition coefficient (Wildman–Crippen LogP) is 2.77. The topological polar surface area (TPSA) is 49.3 Å². The molecule has 1 atom stereocenters. The Morgan fingerprint density at radius 1 is 1.09 bits per heavy atom. The standard InChI is InChI=1S/C18H20N4O/c1-21-11-12-22(18(23)13-7-3-2-4-8-13)17-16(21)19-14-9-5-6-10-15(14)20-17/h2-3,5-6,9-10,13H,4,7-8,11-12H2,1H3/t13-/m1/s1. The average Bonchev–Trinajstić information content (AvgIpc) is 2.61. The Balaban J connectivity index is 1.76. The van der Waals surface area contributed by atoms with E-state index in [0.717, 1.165) is 42.7 Å². The molecule has 0 spiro atoms. The van der Waals surface area contributed by atoms with E-state index in [0.29, 0.717) is 12.4 Å². The number of carbonyl (C=O) groups is 1. The Morgan fingerprint density at radius 3 is 2.52 bits per heavy atom. The number of hydrogen-bond donors (Lipinski definition) is 0. The Morgan fingerprint density at radius 2 is 1.83 bits per heavy atom. The Bertz CT molecular complexity index is 786. The molecule has 0 saturated heterocycles. The van der Waals surface area contributed by atoms with E-state index in [1.807, 2.05) is 36.2 Å². The molecule has 1 aromatic heterocycles. The Hall–Kier alpha value is -2.43. The molecule has 23 heavy (non-hydrogen) atoms. The van der Waals surface area contributed by atoms with Crippen LogP contribution in [-0.4, -0.2) is 36.0 Å². The monoisotopic (exact) mass is 308 g/mol. The highest BCUT2D eigenvalue weighted by molar-refractivity contribution is 5.98. The summed E-state index contributed by atoms with van der Waals surface area (Å²) in [5.74, 6) is 1.77. The van der Waals surface area contributed by atoms with Crippen LogP contribution in [0.3, 0.4) is 0 Å². The van der Waals surface area contributed by atoms with E-state index < -0.39 is 0 Å². The van der Waals surface area contributed by atoms with Crippen LogP contribution in [0.25, 0.3) is 11.0 Å². The maximum Gasteiger partial charge on any atom is 0.231 e. The van der Waals surface area contributed by atoms with Crippen molar-refractivity contribution < 1.29 is 4.79 Å². The summed E-state index contributed by atoms with van der Waals surface area (Å²) in [5.41, 5.74) is 1.70. The molecule has 0 N–H and O–H groups in total. The van der Waals surface area contributed by atoms with Crippen LogP contribution in [0.15, 0.2) is 36.4 Å². The molecule has 1 aliphatic heterocycles. The molecule has 5 heteroatoms. The quantitative estimate of drug-likeness (QED) is 0.760. The third-order valence-corrected chi connectivity index (χ3v) is 4.70. The molecule has 118 valence electrons. The van der Waals surface area contributed by atoms with Gasteiger partial charge in [-0.1, -0.05) is 24.3 Å². The minimum Gasteiger partial charge on any atom is -0.355 e. The van der Waals surface area contributed by atoms with Crippen molar-refractivity contribution in [2.45, 2.75) is 19.3 Å². The highest BCUT2D eigenvalue weighted by Crippen LogP contribution is 2.33. The summed E-state index contributed by atoms with van der Waals surface area (Å²) in [5, 5.41) is 0. The van der Waals surface area contributed by atoms with Gasteiger partial charge in [-0.3, -0.25) is 9.69 Å². The normalized spacial score (nSPS) is 20.7. The number of para-hydroxylation sites is 2. The van der Waals surface area contributed by atoms with E-state index in [1.165, 1.54) is 0 Å². The second-order valence-electron chi connectivity index (χ2n) is 6.25. The van der Waals surface area contributed by atoms with Crippen molar-refractivity contribution in [2.75, 3.05) is 29.9 Å². The zero-order chi connectivity index (χ0) is 15.8. The van der Waals surface area contributed by atoms with Crippen LogP contribution in [-0.2, 0) is 4.79 Å². The van der Waals surface area contributed by atoms with E-state index in [4.69, 9.17) is 9.97 Å². The summed E-state index contributed by atoms with van der Waals surface area (Å²) in [7, 11) is 2.01. The number of anilines is 2. The second-order valence-corrected chi connectivity index (χ2v) is 6.25. The van der Waals surface area contributed by atoms with Crippen molar-refractivity contribution in [3.05, 3.63) is 36.4 Å². The molecule has 0 saturated carbocycles. The number of nitrogens with zero attached hydrogens (tertiary/aromatic N) is 4. The zero-order valence-corrected chi connectivity index (χ0v) is 13.3. The number of fused-ring (bicyclic) bond motifs is 2. The van der Waals surface area contributed by atoms with Crippen LogP contribution < -0.4 is 9.80 Å². The fourth-order valence-corrected chi connectivity index (χ4v) is 3.33. The fraction of sp³-hybridized carbons (Fsp3) is 0.389. The lowest BCUT2D eigenvalue weighted by molar-refractivity contribution is -0.122. The van der Waals surface area contributed by atoms with E-state index in [9.17, 15) is 4.79 Å². The van der Waals surface area contributed by atoms with Gasteiger partial charge in [-0.2, -0.15) is 0 Å². The minimum absolute atomic E-state index is 0.0736. The van der Waals surface area contributed by atoms with Crippen LogP contribution in [0.1, 0.15) is 19.3 Å². The van der Waals surface area contributed by atoms with Crippen molar-refractivity contribution in [3.8, 4) is 0 Å². The number of rotatable bonds is 1. The van der Waals surface area contributed by atoms with Crippen LogP contribution in [0.5, 0.6) is 0 Å². The van der Waals surface area contributed by atoms with Crippen LogP contribution in [0, 0.1) is 5.92 Å². The number of carbonyl (C=O) groups excluding carboxylic acids is 1. The summed E-state index contributed by atoms with van der Waals surface area (Å²) in [6.45, 7) is 1.46. The molecule has 2 aromatic rings. The number of benzene rings is 1. The van der Waals surface area contributed by atoms with Gasteiger partial charge in [-0.25, -0.2) is 9.97 Å². The van der Waals surface area contributed by atoms with Gasteiger partial charge in [0.25, 0.3) is 0 Å². The second kappa shape index (κ2) is 5.65. The molecular weight excluding hydrogens is 288 g/mol. The first kappa shape index (κ1) is 14.2. The first-order valence-electron chi connectivity index (χ1n) is 8.18. The molecule has 1 amide bonds. The smallest absolute Gasteiger partial charge is 0.231 e. The van der Waals surface area contributed by atoms with Gasteiger partial charge < -0.3 is 4.90 Å². The third kappa shape index (κ3) is 2.46. The highest BCUT2D eigenvalue weighted by Gasteiger charge is 2.32. The lowest BCUT2D eigenvalue weighted by Crippen LogP contribution is -2.46. The van der Waals surface area contributed by atoms with Crippen molar-refractivity contribution in [2.24, 2.45) is 5.92 Å². The van der Waals surface area contributed by atoms with Gasteiger partial charge in [0.05, 0.1) is 11.0 Å². The van der Waals surface area contributed by atoms with E-state index >= 15 is 0 Å². The predicted molar refractivity (Wildman–Crippen MR) is 91.6 cm³/mol. The molecule has 2 heterocycles. The number of aromatic nitrogens is 2. The number of hydrogen-bond acceptors (Lipinski definition) is 4. The van der Waals surface area contributed by atoms with Crippen molar-refractivity contribution in [3.63, 3.8) is 0 Å². The molecule has 0 unspecified atom stereocenters. The largest absolute Gasteiger partial charge is 0.355 e. The van der Waals surface area contributed by atoms with Gasteiger partial charge in [0.15, 0.2) is 11.6 Å². The Labute approximate surface area is 135 Å². The van der Waals surface area contributed by atoms with Crippen molar-refractivity contribution in [1.29, 1.82) is 0 Å². The average molecular weight is 308 g/mol. The van der Waals surface area contributed by atoms with E-state index in [2.05, 4.69) is 17.1 Å². The van der Waals surface area contributed by atoms with E-state index in [1.54, 1.807) is 0 Å². The van der Waals surface area contributed by atoms with Gasteiger partial charge in [0.2, 0.25) is 5.91 Å². The number of allylic oxidation sites excluding steroid dienone is 2. The summed E-state index contributed by atoms with van der Waals surface area (Å²) < 4.78 is 0. The minimum atomic E-state index is 0.0736.